The fourth-order valence-electron chi connectivity index (χ4n) is 2.15. The smallest absolute Gasteiger partial charge is 0.264 e. The van der Waals surface area contributed by atoms with Crippen molar-refractivity contribution in [3.8, 4) is 11.1 Å². The Morgan fingerprint density at radius 1 is 0.913 bits per heavy atom. The highest BCUT2D eigenvalue weighted by Crippen LogP contribution is 2.29. The molecule has 0 saturated carbocycles. The third-order valence-corrected chi connectivity index (χ3v) is 4.84. The number of rotatable bonds is 4. The lowest BCUT2D eigenvalue weighted by atomic mass is 10.1. The molecule has 6 heteroatoms. The average molecular weight is 328 g/mol. The molecule has 0 unspecified atom stereocenters. The summed E-state index contributed by atoms with van der Waals surface area (Å²) in [6.07, 6.45) is 1.50. The van der Waals surface area contributed by atoms with Gasteiger partial charge in [-0.25, -0.2) is 13.1 Å². The molecule has 0 aliphatic carbocycles. The number of sulfonamides is 1. The van der Waals surface area contributed by atoms with Gasteiger partial charge in [0.25, 0.3) is 10.0 Å². The van der Waals surface area contributed by atoms with Crippen LogP contribution < -0.4 is 4.72 Å². The minimum atomic E-state index is -3.72. The van der Waals surface area contributed by atoms with E-state index in [1.807, 2.05) is 38.1 Å². The lowest BCUT2D eigenvalue weighted by Gasteiger charge is -2.07. The van der Waals surface area contributed by atoms with Gasteiger partial charge < -0.3 is 4.52 Å². The topological polar surface area (TPSA) is 72.2 Å². The van der Waals surface area contributed by atoms with Gasteiger partial charge in [-0.2, -0.15) is 0 Å². The van der Waals surface area contributed by atoms with Crippen molar-refractivity contribution in [2.75, 3.05) is 4.72 Å². The monoisotopic (exact) mass is 328 g/mol. The lowest BCUT2D eigenvalue weighted by Crippen LogP contribution is -2.13. The molecule has 23 heavy (non-hydrogen) atoms. The first-order chi connectivity index (χ1) is 11.0. The SMILES string of the molecule is Cc1ccc(-c2cnoc2NS(=O)(=O)c2ccc(C)cc2)cc1. The zero-order valence-corrected chi connectivity index (χ0v) is 13.6. The second-order valence-electron chi connectivity index (χ2n) is 5.35. The van der Waals surface area contributed by atoms with Gasteiger partial charge >= 0.3 is 0 Å². The molecule has 1 heterocycles. The Bertz CT molecular complexity index is 911. The third-order valence-electron chi connectivity index (χ3n) is 3.49. The standard InChI is InChI=1S/C17H16N2O3S/c1-12-3-7-14(8-4-12)16-11-18-22-17(16)19-23(20,21)15-9-5-13(2)6-10-15/h3-11,19H,1-2H3. The van der Waals surface area contributed by atoms with Gasteiger partial charge in [0.2, 0.25) is 5.88 Å². The molecule has 118 valence electrons. The summed E-state index contributed by atoms with van der Waals surface area (Å²) < 4.78 is 32.4. The van der Waals surface area contributed by atoms with E-state index in [4.69, 9.17) is 4.52 Å². The molecule has 0 spiro atoms. The zero-order chi connectivity index (χ0) is 16.4. The molecule has 5 nitrogen and oxygen atoms in total. The largest absolute Gasteiger partial charge is 0.337 e. The van der Waals surface area contributed by atoms with Gasteiger partial charge in [0.15, 0.2) is 0 Å². The van der Waals surface area contributed by atoms with Crippen molar-refractivity contribution in [1.29, 1.82) is 0 Å². The van der Waals surface area contributed by atoms with E-state index < -0.39 is 10.0 Å². The number of anilines is 1. The number of aryl methyl sites for hydroxylation is 2. The van der Waals surface area contributed by atoms with Gasteiger partial charge in [-0.05, 0) is 31.5 Å². The minimum Gasteiger partial charge on any atom is -0.337 e. The third kappa shape index (κ3) is 3.27. The lowest BCUT2D eigenvalue weighted by molar-refractivity contribution is 0.435. The van der Waals surface area contributed by atoms with E-state index in [1.54, 1.807) is 24.3 Å². The van der Waals surface area contributed by atoms with Crippen molar-refractivity contribution >= 4 is 15.9 Å². The van der Waals surface area contributed by atoms with Crippen molar-refractivity contribution < 1.29 is 12.9 Å². The number of aromatic nitrogens is 1. The number of hydrogen-bond acceptors (Lipinski definition) is 4. The summed E-state index contributed by atoms with van der Waals surface area (Å²) >= 11 is 0. The molecule has 0 bridgehead atoms. The second kappa shape index (κ2) is 5.89. The Balaban J connectivity index is 1.93. The van der Waals surface area contributed by atoms with Crippen molar-refractivity contribution in [2.45, 2.75) is 18.7 Å². The highest BCUT2D eigenvalue weighted by molar-refractivity contribution is 7.92. The van der Waals surface area contributed by atoms with Crippen molar-refractivity contribution in [1.82, 2.24) is 5.16 Å². The van der Waals surface area contributed by atoms with Crippen LogP contribution in [0.5, 0.6) is 0 Å². The fraction of sp³-hybridized carbons (Fsp3) is 0.118. The van der Waals surface area contributed by atoms with Crippen LogP contribution in [0.15, 0.2) is 64.1 Å². The summed E-state index contributed by atoms with van der Waals surface area (Å²) in [5.74, 6) is 0.106. The van der Waals surface area contributed by atoms with Gasteiger partial charge in [0.1, 0.15) is 0 Å². The quantitative estimate of drug-likeness (QED) is 0.791. The van der Waals surface area contributed by atoms with Gasteiger partial charge in [-0.1, -0.05) is 52.7 Å². The second-order valence-corrected chi connectivity index (χ2v) is 7.04. The van der Waals surface area contributed by atoms with Crippen molar-refractivity contribution in [3.05, 3.63) is 65.9 Å². The Morgan fingerprint density at radius 3 is 2.09 bits per heavy atom. The summed E-state index contributed by atoms with van der Waals surface area (Å²) in [6, 6.07) is 14.3. The van der Waals surface area contributed by atoms with Crippen LogP contribution in [0.25, 0.3) is 11.1 Å². The minimum absolute atomic E-state index is 0.106. The molecule has 3 aromatic rings. The van der Waals surface area contributed by atoms with Crippen molar-refractivity contribution in [3.63, 3.8) is 0 Å². The van der Waals surface area contributed by atoms with Crippen LogP contribution in [-0.2, 0) is 10.0 Å². The van der Waals surface area contributed by atoms with Crippen LogP contribution in [-0.4, -0.2) is 13.6 Å². The summed E-state index contributed by atoms with van der Waals surface area (Å²) in [7, 11) is -3.72. The highest BCUT2D eigenvalue weighted by atomic mass is 32.2. The number of nitrogens with zero attached hydrogens (tertiary/aromatic N) is 1. The molecule has 0 atom stereocenters. The van der Waals surface area contributed by atoms with Crippen LogP contribution in [0.4, 0.5) is 5.88 Å². The molecule has 2 aromatic carbocycles. The number of nitrogens with one attached hydrogen (secondary N) is 1. The van der Waals surface area contributed by atoms with E-state index in [0.29, 0.717) is 5.56 Å². The summed E-state index contributed by atoms with van der Waals surface area (Å²) in [4.78, 5) is 0.175. The summed E-state index contributed by atoms with van der Waals surface area (Å²) in [5.41, 5.74) is 3.54. The normalized spacial score (nSPS) is 11.4. The summed E-state index contributed by atoms with van der Waals surface area (Å²) in [6.45, 7) is 3.88. The van der Waals surface area contributed by atoms with E-state index in [1.165, 1.54) is 6.20 Å². The van der Waals surface area contributed by atoms with Gasteiger partial charge in [0, 0.05) is 0 Å². The van der Waals surface area contributed by atoms with Crippen LogP contribution >= 0.6 is 0 Å². The van der Waals surface area contributed by atoms with Gasteiger partial charge in [-0.3, -0.25) is 0 Å². The maximum absolute atomic E-state index is 12.4. The zero-order valence-electron chi connectivity index (χ0n) is 12.8. The summed E-state index contributed by atoms with van der Waals surface area (Å²) in [5, 5.41) is 3.71. The Kier molecular flexibility index (Phi) is 3.92. The average Bonchev–Trinajstić information content (AvgIpc) is 2.96. The van der Waals surface area contributed by atoms with E-state index in [2.05, 4.69) is 9.88 Å². The molecular weight excluding hydrogens is 312 g/mol. The van der Waals surface area contributed by atoms with Crippen LogP contribution in [0.1, 0.15) is 11.1 Å². The van der Waals surface area contributed by atoms with Crippen LogP contribution in [0.2, 0.25) is 0 Å². The van der Waals surface area contributed by atoms with Crippen molar-refractivity contribution in [2.24, 2.45) is 0 Å². The predicted octanol–water partition coefficient (Wildman–Crippen LogP) is 3.76. The van der Waals surface area contributed by atoms with E-state index >= 15 is 0 Å². The molecule has 1 N–H and O–H groups in total. The molecular formula is C17H16N2O3S. The Hall–Kier alpha value is -2.60. The molecule has 1 aromatic heterocycles. The molecule has 0 aliphatic heterocycles. The number of hydrogen-bond donors (Lipinski definition) is 1. The predicted molar refractivity (Wildman–Crippen MR) is 88.7 cm³/mol. The fourth-order valence-corrected chi connectivity index (χ4v) is 3.15. The first-order valence-corrected chi connectivity index (χ1v) is 8.55. The maximum atomic E-state index is 12.4. The van der Waals surface area contributed by atoms with Crippen LogP contribution in [0, 0.1) is 13.8 Å². The number of benzene rings is 2. The van der Waals surface area contributed by atoms with E-state index in [-0.39, 0.29) is 10.8 Å². The first-order valence-electron chi connectivity index (χ1n) is 7.07. The Labute approximate surface area is 135 Å². The molecule has 3 rings (SSSR count). The molecule has 0 aliphatic rings. The van der Waals surface area contributed by atoms with Crippen LogP contribution in [0.3, 0.4) is 0 Å². The van der Waals surface area contributed by atoms with Gasteiger partial charge in [0.05, 0.1) is 16.7 Å². The molecule has 0 amide bonds. The van der Waals surface area contributed by atoms with Gasteiger partial charge in [-0.15, -0.1) is 0 Å². The molecule has 0 saturated heterocycles. The molecule has 0 fully saturated rings. The highest BCUT2D eigenvalue weighted by Gasteiger charge is 2.19. The molecule has 0 radical (unpaired) electrons. The van der Waals surface area contributed by atoms with E-state index in [9.17, 15) is 8.42 Å². The Morgan fingerprint density at radius 2 is 1.48 bits per heavy atom. The van der Waals surface area contributed by atoms with E-state index in [0.717, 1.165) is 16.7 Å². The maximum Gasteiger partial charge on any atom is 0.264 e. The first kappa shape index (κ1) is 15.3.